The van der Waals surface area contributed by atoms with Gasteiger partial charge in [-0.15, -0.1) is 0 Å². The molecule has 14 aromatic rings. The van der Waals surface area contributed by atoms with E-state index in [1.54, 1.807) is 0 Å². The molecule has 5 heteroatoms. The number of hydrogen-bond acceptors (Lipinski definition) is 3. The van der Waals surface area contributed by atoms with E-state index in [0.29, 0.717) is 17.5 Å². The molecule has 3 aromatic heterocycles. The van der Waals surface area contributed by atoms with Crippen molar-refractivity contribution in [2.24, 2.45) is 0 Å². The molecule has 11 aromatic carbocycles. The molecule has 3 heterocycles. The second-order valence-electron chi connectivity index (χ2n) is 18.8. The smallest absolute Gasteiger partial charge is 0.164 e. The zero-order chi connectivity index (χ0) is 49.0. The summed E-state index contributed by atoms with van der Waals surface area (Å²) in [5, 5.41) is 4.86. The van der Waals surface area contributed by atoms with Crippen LogP contribution in [0.25, 0.3) is 134 Å². The summed E-state index contributed by atoms with van der Waals surface area (Å²) in [5.74, 6) is 1.78. The van der Waals surface area contributed by atoms with Crippen LogP contribution in [0.3, 0.4) is 0 Å². The summed E-state index contributed by atoms with van der Waals surface area (Å²) in [7, 11) is 0. The first-order valence-electron chi connectivity index (χ1n) is 25.1. The number of rotatable bonds is 9. The van der Waals surface area contributed by atoms with Gasteiger partial charge in [-0.25, -0.2) is 15.0 Å². The number of nitrogens with zero attached hydrogens (tertiary/aromatic N) is 5. The van der Waals surface area contributed by atoms with E-state index in [1.807, 2.05) is 6.07 Å². The predicted octanol–water partition coefficient (Wildman–Crippen LogP) is 17.7. The van der Waals surface area contributed by atoms with Gasteiger partial charge in [0.15, 0.2) is 17.5 Å². The molecular weight excluding hydrogens is 899 g/mol. The van der Waals surface area contributed by atoms with Crippen LogP contribution in [0.2, 0.25) is 0 Å². The normalized spacial score (nSPS) is 11.5. The van der Waals surface area contributed by atoms with Crippen LogP contribution < -0.4 is 0 Å². The monoisotopic (exact) mass is 943 g/mol. The minimum atomic E-state index is 0.588. The Morgan fingerprint density at radius 2 is 0.554 bits per heavy atom. The maximum Gasteiger partial charge on any atom is 0.164 e. The van der Waals surface area contributed by atoms with Gasteiger partial charge in [-0.3, -0.25) is 0 Å². The Morgan fingerprint density at radius 3 is 1.08 bits per heavy atom. The van der Waals surface area contributed by atoms with E-state index in [9.17, 15) is 0 Å². The third-order valence-electron chi connectivity index (χ3n) is 14.4. The van der Waals surface area contributed by atoms with Crippen molar-refractivity contribution in [2.45, 2.75) is 0 Å². The average molecular weight is 944 g/mol. The molecular formula is C69H45N5. The zero-order valence-electron chi connectivity index (χ0n) is 40.2. The number of benzene rings is 11. The quantitative estimate of drug-likeness (QED) is 0.145. The molecule has 74 heavy (non-hydrogen) atoms. The second kappa shape index (κ2) is 18.0. The Kier molecular flexibility index (Phi) is 10.4. The van der Waals surface area contributed by atoms with Crippen molar-refractivity contribution in [1.82, 2.24) is 24.1 Å². The molecule has 0 N–H and O–H groups in total. The molecule has 0 saturated carbocycles. The molecule has 0 aliphatic carbocycles. The largest absolute Gasteiger partial charge is 0.309 e. The first kappa shape index (κ1) is 42.9. The lowest BCUT2D eigenvalue weighted by atomic mass is 9.96. The van der Waals surface area contributed by atoms with Crippen molar-refractivity contribution in [3.63, 3.8) is 0 Å². The Hall–Kier alpha value is -9.97. The Labute approximate surface area is 428 Å². The summed E-state index contributed by atoms with van der Waals surface area (Å²) in [4.78, 5) is 16.0. The fourth-order valence-corrected chi connectivity index (χ4v) is 10.9. The molecule has 0 saturated heterocycles. The zero-order valence-corrected chi connectivity index (χ0v) is 40.2. The number of aromatic nitrogens is 5. The average Bonchev–Trinajstić information content (AvgIpc) is 4.02. The minimum Gasteiger partial charge on any atom is -0.309 e. The summed E-state index contributed by atoms with van der Waals surface area (Å²) >= 11 is 0. The molecule has 5 nitrogen and oxygen atoms in total. The Balaban J connectivity index is 0.954. The maximum atomic E-state index is 5.38. The maximum absolute atomic E-state index is 5.38. The third-order valence-corrected chi connectivity index (χ3v) is 14.4. The Morgan fingerprint density at radius 1 is 0.203 bits per heavy atom. The lowest BCUT2D eigenvalue weighted by Crippen LogP contribution is -2.02. The predicted molar refractivity (Wildman–Crippen MR) is 307 cm³/mol. The van der Waals surface area contributed by atoms with Gasteiger partial charge >= 0.3 is 0 Å². The highest BCUT2D eigenvalue weighted by Crippen LogP contribution is 2.41. The highest BCUT2D eigenvalue weighted by Gasteiger charge is 2.21. The fraction of sp³-hybridized carbons (Fsp3) is 0. The summed E-state index contributed by atoms with van der Waals surface area (Å²) in [6, 6.07) is 97.1. The van der Waals surface area contributed by atoms with Gasteiger partial charge in [0, 0.05) is 49.4 Å². The van der Waals surface area contributed by atoms with E-state index in [2.05, 4.69) is 276 Å². The fourth-order valence-electron chi connectivity index (χ4n) is 10.9. The van der Waals surface area contributed by atoms with Crippen molar-refractivity contribution in [3.05, 3.63) is 273 Å². The van der Waals surface area contributed by atoms with Crippen molar-refractivity contribution < 1.29 is 0 Å². The molecule has 0 spiro atoms. The minimum absolute atomic E-state index is 0.588. The lowest BCUT2D eigenvalue weighted by Gasteiger charge is -2.17. The topological polar surface area (TPSA) is 48.5 Å². The highest BCUT2D eigenvalue weighted by molar-refractivity contribution is 6.11. The van der Waals surface area contributed by atoms with Crippen LogP contribution in [0.4, 0.5) is 0 Å². The summed E-state index contributed by atoms with van der Waals surface area (Å²) < 4.78 is 4.80. The SMILES string of the molecule is c1ccc(-c2cccc(-c3nc(-c4ccc(-c5cc(-c6ccccc6)ccc5-n5c6ccccc6c6ccccc65)cc4)nc(-c4ccc(-c5ccccc5)c(-n5c6ccccc6c6ccccc65)c4)n3)c2)cc1. The summed E-state index contributed by atoms with van der Waals surface area (Å²) in [6.45, 7) is 0. The molecule has 0 radical (unpaired) electrons. The van der Waals surface area contributed by atoms with Crippen LogP contribution in [0, 0.1) is 0 Å². The van der Waals surface area contributed by atoms with Crippen molar-refractivity contribution in [1.29, 1.82) is 0 Å². The van der Waals surface area contributed by atoms with Crippen LogP contribution in [0.5, 0.6) is 0 Å². The molecule has 0 unspecified atom stereocenters. The van der Waals surface area contributed by atoms with Crippen LogP contribution >= 0.6 is 0 Å². The van der Waals surface area contributed by atoms with Gasteiger partial charge in [0.2, 0.25) is 0 Å². The van der Waals surface area contributed by atoms with Crippen LogP contribution in [-0.4, -0.2) is 24.1 Å². The molecule has 0 aliphatic rings. The standard InChI is InChI=1S/C69H45N5/c1-4-19-46(20-5-1)51-25-18-26-53(43-51)68-70-67(71-69(72-68)54-39-41-55(48-23-8-3-9-24-48)66(45-54)74-63-33-16-12-29-58(63)59-30-13-17-34-64(59)74)50-37-35-49(36-38-50)60-44-52(47-21-6-2-7-22-47)40-42-65(60)73-61-31-14-10-27-56(61)57-28-11-15-32-62(57)73/h1-45H. The summed E-state index contributed by atoms with van der Waals surface area (Å²) in [6.07, 6.45) is 0. The molecule has 0 atom stereocenters. The number of para-hydroxylation sites is 4. The first-order valence-corrected chi connectivity index (χ1v) is 25.1. The van der Waals surface area contributed by atoms with Gasteiger partial charge in [0.25, 0.3) is 0 Å². The molecule has 0 aliphatic heterocycles. The van der Waals surface area contributed by atoms with Crippen molar-refractivity contribution >= 4 is 43.6 Å². The van der Waals surface area contributed by atoms with E-state index >= 15 is 0 Å². The highest BCUT2D eigenvalue weighted by atomic mass is 15.0. The van der Waals surface area contributed by atoms with Crippen molar-refractivity contribution in [3.8, 4) is 90.0 Å². The van der Waals surface area contributed by atoms with E-state index < -0.39 is 0 Å². The van der Waals surface area contributed by atoms with E-state index in [-0.39, 0.29) is 0 Å². The van der Waals surface area contributed by atoms with E-state index in [1.165, 1.54) is 38.1 Å². The second-order valence-corrected chi connectivity index (χ2v) is 18.8. The molecule has 0 amide bonds. The van der Waals surface area contributed by atoms with Crippen molar-refractivity contribution in [2.75, 3.05) is 0 Å². The Bertz CT molecular complexity index is 4300. The molecule has 14 rings (SSSR count). The van der Waals surface area contributed by atoms with Gasteiger partial charge in [0.1, 0.15) is 0 Å². The van der Waals surface area contributed by atoms with Crippen LogP contribution in [-0.2, 0) is 0 Å². The first-order chi connectivity index (χ1) is 36.7. The van der Waals surface area contributed by atoms with Gasteiger partial charge in [-0.05, 0) is 81.9 Å². The van der Waals surface area contributed by atoms with E-state index in [4.69, 9.17) is 15.0 Å². The van der Waals surface area contributed by atoms with Gasteiger partial charge in [-0.1, -0.05) is 224 Å². The van der Waals surface area contributed by atoms with Crippen LogP contribution in [0.15, 0.2) is 273 Å². The van der Waals surface area contributed by atoms with Gasteiger partial charge in [0.05, 0.1) is 33.4 Å². The third kappa shape index (κ3) is 7.46. The summed E-state index contributed by atoms with van der Waals surface area (Å²) in [5.41, 5.74) is 18.4. The molecule has 0 fully saturated rings. The number of fused-ring (bicyclic) bond motifs is 6. The van der Waals surface area contributed by atoms with Gasteiger partial charge < -0.3 is 9.13 Å². The molecule has 346 valence electrons. The van der Waals surface area contributed by atoms with E-state index in [0.717, 1.165) is 78.0 Å². The number of hydrogen-bond donors (Lipinski definition) is 0. The van der Waals surface area contributed by atoms with Crippen LogP contribution in [0.1, 0.15) is 0 Å². The van der Waals surface area contributed by atoms with Gasteiger partial charge in [-0.2, -0.15) is 0 Å². The molecule has 0 bridgehead atoms. The lowest BCUT2D eigenvalue weighted by molar-refractivity contribution is 1.07.